The van der Waals surface area contributed by atoms with Gasteiger partial charge in [0.1, 0.15) is 0 Å². The third-order valence-electron chi connectivity index (χ3n) is 4.08. The van der Waals surface area contributed by atoms with Gasteiger partial charge in [0.15, 0.2) is 6.61 Å². The highest BCUT2D eigenvalue weighted by molar-refractivity contribution is 6.00. The lowest BCUT2D eigenvalue weighted by Gasteiger charge is -2.18. The van der Waals surface area contributed by atoms with Crippen LogP contribution in [-0.2, 0) is 25.3 Å². The van der Waals surface area contributed by atoms with E-state index < -0.39 is 48.1 Å². The lowest BCUT2D eigenvalue weighted by atomic mass is 10.1. The Morgan fingerprint density at radius 3 is 2.66 bits per heavy atom. The number of ether oxygens (including phenoxy) is 1. The highest BCUT2D eigenvalue weighted by Gasteiger charge is 2.37. The molecule has 1 atom stereocenters. The number of carbonyl (C=O) groups excluding carboxylic acids is 4. The van der Waals surface area contributed by atoms with Crippen LogP contribution in [0.25, 0.3) is 0 Å². The van der Waals surface area contributed by atoms with E-state index >= 15 is 0 Å². The van der Waals surface area contributed by atoms with Crippen LogP contribution in [0.1, 0.15) is 25.3 Å². The third kappa shape index (κ3) is 6.19. The van der Waals surface area contributed by atoms with Gasteiger partial charge in [0, 0.05) is 25.2 Å². The summed E-state index contributed by atoms with van der Waals surface area (Å²) in [5, 5.41) is 4.38. The predicted molar refractivity (Wildman–Crippen MR) is 94.7 cm³/mol. The number of nitrogens with zero attached hydrogens (tertiary/aromatic N) is 1. The molecule has 0 aromatic heterocycles. The van der Waals surface area contributed by atoms with Gasteiger partial charge < -0.3 is 15.0 Å². The fraction of sp³-hybridized carbons (Fsp3) is 0.444. The Balaban J connectivity index is 1.90. The van der Waals surface area contributed by atoms with Crippen LogP contribution in [0.15, 0.2) is 24.3 Å². The molecule has 0 saturated carbocycles. The standard InChI is InChI=1S/C18H20F3N3O5/c1-2-6-22-17(28)23-14(25)10-29-16(27)11-7-15(26)24(9-11)13-5-3-4-12(8-13)18(19,20)21/h3-5,8,11H,2,6-7,9-10H2,1H3,(H2,22,23,25,28)/t11-/m0/s1. The molecule has 8 nitrogen and oxygen atoms in total. The number of nitrogens with one attached hydrogen (secondary N) is 2. The average Bonchev–Trinajstić information content (AvgIpc) is 3.05. The smallest absolute Gasteiger partial charge is 0.416 e. The lowest BCUT2D eigenvalue weighted by molar-refractivity contribution is -0.152. The van der Waals surface area contributed by atoms with Crippen molar-refractivity contribution in [1.82, 2.24) is 10.6 Å². The highest BCUT2D eigenvalue weighted by Crippen LogP contribution is 2.33. The lowest BCUT2D eigenvalue weighted by Crippen LogP contribution is -2.42. The molecule has 2 rings (SSSR count). The number of rotatable bonds is 6. The number of amides is 4. The molecule has 1 aromatic carbocycles. The summed E-state index contributed by atoms with van der Waals surface area (Å²) >= 11 is 0. The monoisotopic (exact) mass is 415 g/mol. The Kier molecular flexibility index (Phi) is 7.18. The Labute approximate surface area is 164 Å². The van der Waals surface area contributed by atoms with Crippen molar-refractivity contribution in [2.75, 3.05) is 24.6 Å². The van der Waals surface area contributed by atoms with Crippen LogP contribution in [0.4, 0.5) is 23.7 Å². The van der Waals surface area contributed by atoms with E-state index in [0.29, 0.717) is 13.0 Å². The molecule has 0 bridgehead atoms. The van der Waals surface area contributed by atoms with Gasteiger partial charge in [-0.3, -0.25) is 19.7 Å². The minimum atomic E-state index is -4.56. The van der Waals surface area contributed by atoms with Crippen LogP contribution < -0.4 is 15.5 Å². The van der Waals surface area contributed by atoms with Crippen molar-refractivity contribution < 1.29 is 37.1 Å². The van der Waals surface area contributed by atoms with Gasteiger partial charge in [-0.1, -0.05) is 13.0 Å². The molecule has 11 heteroatoms. The first-order valence-electron chi connectivity index (χ1n) is 8.83. The van der Waals surface area contributed by atoms with Crippen molar-refractivity contribution in [3.8, 4) is 0 Å². The van der Waals surface area contributed by atoms with Gasteiger partial charge in [0.05, 0.1) is 11.5 Å². The van der Waals surface area contributed by atoms with E-state index in [1.165, 1.54) is 12.1 Å². The van der Waals surface area contributed by atoms with Gasteiger partial charge in [0.25, 0.3) is 5.91 Å². The molecule has 29 heavy (non-hydrogen) atoms. The normalized spacial score (nSPS) is 16.5. The first-order valence-corrected chi connectivity index (χ1v) is 8.83. The van der Waals surface area contributed by atoms with Crippen LogP contribution in [0.5, 0.6) is 0 Å². The number of alkyl halides is 3. The average molecular weight is 415 g/mol. The number of carbonyl (C=O) groups is 4. The minimum Gasteiger partial charge on any atom is -0.455 e. The molecular weight excluding hydrogens is 395 g/mol. The molecule has 0 radical (unpaired) electrons. The number of hydrogen-bond acceptors (Lipinski definition) is 5. The Hall–Kier alpha value is -3.11. The number of esters is 1. The maximum absolute atomic E-state index is 12.8. The van der Waals surface area contributed by atoms with Crippen LogP contribution in [0.2, 0.25) is 0 Å². The van der Waals surface area contributed by atoms with Crippen molar-refractivity contribution >= 4 is 29.5 Å². The van der Waals surface area contributed by atoms with E-state index in [0.717, 1.165) is 17.0 Å². The molecule has 1 fully saturated rings. The Bertz CT molecular complexity index is 797. The maximum atomic E-state index is 12.8. The Morgan fingerprint density at radius 2 is 2.00 bits per heavy atom. The maximum Gasteiger partial charge on any atom is 0.416 e. The second-order valence-corrected chi connectivity index (χ2v) is 6.37. The van der Waals surface area contributed by atoms with Gasteiger partial charge in [-0.25, -0.2) is 4.79 Å². The largest absolute Gasteiger partial charge is 0.455 e. The molecule has 0 spiro atoms. The summed E-state index contributed by atoms with van der Waals surface area (Å²) < 4.78 is 43.4. The van der Waals surface area contributed by atoms with Crippen molar-refractivity contribution in [1.29, 1.82) is 0 Å². The van der Waals surface area contributed by atoms with E-state index in [-0.39, 0.29) is 18.7 Å². The second-order valence-electron chi connectivity index (χ2n) is 6.37. The van der Waals surface area contributed by atoms with Gasteiger partial charge in [-0.05, 0) is 24.6 Å². The molecular formula is C18H20F3N3O5. The topological polar surface area (TPSA) is 105 Å². The van der Waals surface area contributed by atoms with Gasteiger partial charge >= 0.3 is 18.2 Å². The van der Waals surface area contributed by atoms with E-state index in [1.54, 1.807) is 0 Å². The van der Waals surface area contributed by atoms with Crippen molar-refractivity contribution in [3.05, 3.63) is 29.8 Å². The van der Waals surface area contributed by atoms with Crippen molar-refractivity contribution in [3.63, 3.8) is 0 Å². The zero-order chi connectivity index (χ0) is 21.6. The summed E-state index contributed by atoms with van der Waals surface area (Å²) in [7, 11) is 0. The SMILES string of the molecule is CCCNC(=O)NC(=O)COC(=O)[C@H]1CC(=O)N(c2cccc(C(F)(F)F)c2)C1. The molecule has 0 aliphatic carbocycles. The summed E-state index contributed by atoms with van der Waals surface area (Å²) in [6, 6.07) is 3.49. The summed E-state index contributed by atoms with van der Waals surface area (Å²) in [6.45, 7) is 1.31. The number of urea groups is 1. The first kappa shape index (κ1) is 22.2. The summed E-state index contributed by atoms with van der Waals surface area (Å²) in [4.78, 5) is 48.2. The fourth-order valence-corrected chi connectivity index (χ4v) is 2.67. The summed E-state index contributed by atoms with van der Waals surface area (Å²) in [5.74, 6) is -3.16. The molecule has 1 aromatic rings. The number of anilines is 1. The zero-order valence-electron chi connectivity index (χ0n) is 15.5. The van der Waals surface area contributed by atoms with Gasteiger partial charge in [-0.15, -0.1) is 0 Å². The van der Waals surface area contributed by atoms with Crippen molar-refractivity contribution in [2.24, 2.45) is 5.92 Å². The zero-order valence-corrected chi connectivity index (χ0v) is 15.5. The molecule has 2 N–H and O–H groups in total. The van der Waals surface area contributed by atoms with E-state index in [9.17, 15) is 32.3 Å². The first-order chi connectivity index (χ1) is 13.6. The second kappa shape index (κ2) is 9.39. The molecule has 1 saturated heterocycles. The molecule has 1 heterocycles. The molecule has 1 aliphatic rings. The summed E-state index contributed by atoms with van der Waals surface area (Å²) in [5.41, 5.74) is -0.891. The number of halogens is 3. The van der Waals surface area contributed by atoms with Crippen LogP contribution >= 0.6 is 0 Å². The van der Waals surface area contributed by atoms with E-state index in [4.69, 9.17) is 4.74 Å². The fourth-order valence-electron chi connectivity index (χ4n) is 2.67. The molecule has 0 unspecified atom stereocenters. The summed E-state index contributed by atoms with van der Waals surface area (Å²) in [6.07, 6.45) is -4.14. The quantitative estimate of drug-likeness (QED) is 0.690. The van der Waals surface area contributed by atoms with Crippen molar-refractivity contribution in [2.45, 2.75) is 25.9 Å². The number of benzene rings is 1. The number of hydrogen-bond donors (Lipinski definition) is 2. The van der Waals surface area contributed by atoms with Gasteiger partial charge in [-0.2, -0.15) is 13.2 Å². The van der Waals surface area contributed by atoms with Gasteiger partial charge in [0.2, 0.25) is 5.91 Å². The Morgan fingerprint density at radius 1 is 1.28 bits per heavy atom. The number of imide groups is 1. The highest BCUT2D eigenvalue weighted by atomic mass is 19.4. The van der Waals surface area contributed by atoms with Crippen LogP contribution in [0.3, 0.4) is 0 Å². The predicted octanol–water partition coefficient (Wildman–Crippen LogP) is 1.84. The van der Waals surface area contributed by atoms with E-state index in [2.05, 4.69) is 5.32 Å². The minimum absolute atomic E-state index is 0.0189. The van der Waals surface area contributed by atoms with E-state index in [1.807, 2.05) is 12.2 Å². The molecule has 1 aliphatic heterocycles. The van der Waals surface area contributed by atoms with Crippen LogP contribution in [0, 0.1) is 5.92 Å². The van der Waals surface area contributed by atoms with Crippen LogP contribution in [-0.4, -0.2) is 43.5 Å². The molecule has 4 amide bonds. The third-order valence-corrected chi connectivity index (χ3v) is 4.08. The molecule has 158 valence electrons.